The Balaban J connectivity index is 2.04. The van der Waals surface area contributed by atoms with Crippen LogP contribution in [-0.4, -0.2) is 26.0 Å². The van der Waals surface area contributed by atoms with Gasteiger partial charge >= 0.3 is 5.97 Å². The van der Waals surface area contributed by atoms with Crippen LogP contribution in [0.1, 0.15) is 16.1 Å². The monoisotopic (exact) mass is 230 g/mol. The standard InChI is InChI=1S/C11H10N4O2/c16-10(17)9-3-6-13-11(15-9)14-7-8-1-4-12-5-2-8/h1-6H,7H2,(H,16,17)(H,13,14,15). The molecule has 0 aromatic carbocycles. The van der Waals surface area contributed by atoms with Gasteiger partial charge in [-0.2, -0.15) is 0 Å². The molecule has 0 radical (unpaired) electrons. The smallest absolute Gasteiger partial charge is 0.354 e. The number of anilines is 1. The minimum Gasteiger partial charge on any atom is -0.477 e. The maximum atomic E-state index is 10.7. The zero-order valence-electron chi connectivity index (χ0n) is 8.87. The van der Waals surface area contributed by atoms with E-state index in [1.165, 1.54) is 12.3 Å². The molecule has 0 saturated carbocycles. The third kappa shape index (κ3) is 2.97. The largest absolute Gasteiger partial charge is 0.477 e. The van der Waals surface area contributed by atoms with Gasteiger partial charge in [0.15, 0.2) is 5.69 Å². The Hall–Kier alpha value is -2.50. The van der Waals surface area contributed by atoms with Gasteiger partial charge in [0.2, 0.25) is 5.95 Å². The van der Waals surface area contributed by atoms with Crippen molar-refractivity contribution in [1.82, 2.24) is 15.0 Å². The average Bonchev–Trinajstić information content (AvgIpc) is 2.38. The lowest BCUT2D eigenvalue weighted by molar-refractivity contribution is 0.0690. The molecule has 0 atom stereocenters. The normalized spacial score (nSPS) is 9.88. The topological polar surface area (TPSA) is 88.0 Å². The summed E-state index contributed by atoms with van der Waals surface area (Å²) in [5.74, 6) is -0.777. The van der Waals surface area contributed by atoms with Crippen LogP contribution in [-0.2, 0) is 6.54 Å². The third-order valence-corrected chi connectivity index (χ3v) is 2.07. The predicted molar refractivity (Wildman–Crippen MR) is 60.6 cm³/mol. The van der Waals surface area contributed by atoms with Crippen LogP contribution in [0.4, 0.5) is 5.95 Å². The van der Waals surface area contributed by atoms with Crippen molar-refractivity contribution >= 4 is 11.9 Å². The van der Waals surface area contributed by atoms with Gasteiger partial charge in [-0.05, 0) is 23.8 Å². The van der Waals surface area contributed by atoms with Crippen molar-refractivity contribution in [2.24, 2.45) is 0 Å². The Morgan fingerprint density at radius 1 is 1.24 bits per heavy atom. The van der Waals surface area contributed by atoms with Crippen molar-refractivity contribution in [1.29, 1.82) is 0 Å². The summed E-state index contributed by atoms with van der Waals surface area (Å²) in [7, 11) is 0. The molecule has 86 valence electrons. The Kier molecular flexibility index (Phi) is 3.25. The summed E-state index contributed by atoms with van der Waals surface area (Å²) in [5.41, 5.74) is 0.988. The van der Waals surface area contributed by atoms with Gasteiger partial charge in [-0.15, -0.1) is 0 Å². The van der Waals surface area contributed by atoms with E-state index < -0.39 is 5.97 Å². The predicted octanol–water partition coefficient (Wildman–Crippen LogP) is 1.18. The lowest BCUT2D eigenvalue weighted by Gasteiger charge is -2.04. The molecule has 0 fully saturated rings. The van der Waals surface area contributed by atoms with E-state index in [1.807, 2.05) is 12.1 Å². The summed E-state index contributed by atoms with van der Waals surface area (Å²) in [6, 6.07) is 5.06. The van der Waals surface area contributed by atoms with E-state index >= 15 is 0 Å². The maximum Gasteiger partial charge on any atom is 0.354 e. The molecular weight excluding hydrogens is 220 g/mol. The molecule has 2 rings (SSSR count). The van der Waals surface area contributed by atoms with Crippen LogP contribution in [0.15, 0.2) is 36.8 Å². The van der Waals surface area contributed by atoms with Gasteiger partial charge in [-0.3, -0.25) is 4.98 Å². The quantitative estimate of drug-likeness (QED) is 0.820. The van der Waals surface area contributed by atoms with E-state index in [4.69, 9.17) is 5.11 Å². The molecule has 0 spiro atoms. The van der Waals surface area contributed by atoms with Crippen molar-refractivity contribution in [3.63, 3.8) is 0 Å². The highest BCUT2D eigenvalue weighted by molar-refractivity contribution is 5.85. The average molecular weight is 230 g/mol. The van der Waals surface area contributed by atoms with E-state index in [9.17, 15) is 4.79 Å². The molecule has 2 N–H and O–H groups in total. The van der Waals surface area contributed by atoms with Crippen LogP contribution in [0.25, 0.3) is 0 Å². The summed E-state index contributed by atoms with van der Waals surface area (Å²) in [5, 5.41) is 11.7. The maximum absolute atomic E-state index is 10.7. The second-order valence-corrected chi connectivity index (χ2v) is 3.28. The third-order valence-electron chi connectivity index (χ3n) is 2.07. The van der Waals surface area contributed by atoms with Gasteiger partial charge in [0.25, 0.3) is 0 Å². The Morgan fingerprint density at radius 2 is 2.00 bits per heavy atom. The molecule has 2 aromatic heterocycles. The van der Waals surface area contributed by atoms with E-state index in [0.29, 0.717) is 12.5 Å². The number of hydrogen-bond donors (Lipinski definition) is 2. The fraction of sp³-hybridized carbons (Fsp3) is 0.0909. The zero-order valence-corrected chi connectivity index (χ0v) is 8.87. The van der Waals surface area contributed by atoms with E-state index in [1.54, 1.807) is 12.4 Å². The van der Waals surface area contributed by atoms with Crippen LogP contribution < -0.4 is 5.32 Å². The molecule has 0 aliphatic rings. The summed E-state index contributed by atoms with van der Waals surface area (Å²) in [4.78, 5) is 22.4. The van der Waals surface area contributed by atoms with Gasteiger partial charge in [0.1, 0.15) is 0 Å². The summed E-state index contributed by atoms with van der Waals surface area (Å²) in [6.07, 6.45) is 4.78. The van der Waals surface area contributed by atoms with Gasteiger partial charge in [0, 0.05) is 25.1 Å². The van der Waals surface area contributed by atoms with E-state index in [-0.39, 0.29) is 5.69 Å². The van der Waals surface area contributed by atoms with Crippen molar-refractivity contribution in [2.75, 3.05) is 5.32 Å². The number of aromatic nitrogens is 3. The number of hydrogen-bond acceptors (Lipinski definition) is 5. The lowest BCUT2D eigenvalue weighted by atomic mass is 10.3. The van der Waals surface area contributed by atoms with Gasteiger partial charge in [-0.1, -0.05) is 0 Å². The molecule has 0 bridgehead atoms. The first kappa shape index (κ1) is 11.0. The summed E-state index contributed by atoms with van der Waals surface area (Å²) >= 11 is 0. The molecule has 2 heterocycles. The molecule has 0 aliphatic heterocycles. The highest BCUT2D eigenvalue weighted by Gasteiger charge is 2.05. The van der Waals surface area contributed by atoms with Crippen molar-refractivity contribution in [3.8, 4) is 0 Å². The number of nitrogens with zero attached hydrogens (tertiary/aromatic N) is 3. The molecule has 17 heavy (non-hydrogen) atoms. The van der Waals surface area contributed by atoms with Crippen LogP contribution in [0, 0.1) is 0 Å². The number of rotatable bonds is 4. The number of aromatic carboxylic acids is 1. The second-order valence-electron chi connectivity index (χ2n) is 3.28. The number of pyridine rings is 1. The SMILES string of the molecule is O=C(O)c1ccnc(NCc2ccncc2)n1. The Bertz CT molecular complexity index is 516. The van der Waals surface area contributed by atoms with Crippen LogP contribution >= 0.6 is 0 Å². The minimum absolute atomic E-state index is 0.0303. The molecule has 2 aromatic rings. The van der Waals surface area contributed by atoms with Crippen molar-refractivity contribution < 1.29 is 9.90 Å². The minimum atomic E-state index is -1.07. The molecule has 0 unspecified atom stereocenters. The van der Waals surface area contributed by atoms with Gasteiger partial charge in [-0.25, -0.2) is 14.8 Å². The highest BCUT2D eigenvalue weighted by Crippen LogP contribution is 2.03. The zero-order chi connectivity index (χ0) is 12.1. The number of carbonyl (C=O) groups is 1. The molecule has 0 amide bonds. The highest BCUT2D eigenvalue weighted by atomic mass is 16.4. The Labute approximate surface area is 97.4 Å². The summed E-state index contributed by atoms with van der Waals surface area (Å²) < 4.78 is 0. The fourth-order valence-corrected chi connectivity index (χ4v) is 1.24. The molecule has 0 aliphatic carbocycles. The Morgan fingerprint density at radius 3 is 2.71 bits per heavy atom. The number of carboxylic acid groups (broad SMARTS) is 1. The first-order chi connectivity index (χ1) is 8.25. The van der Waals surface area contributed by atoms with Crippen molar-refractivity contribution in [2.45, 2.75) is 6.54 Å². The molecule has 6 heteroatoms. The molecule has 6 nitrogen and oxygen atoms in total. The van der Waals surface area contributed by atoms with Gasteiger partial charge in [0.05, 0.1) is 0 Å². The van der Waals surface area contributed by atoms with Crippen LogP contribution in [0.2, 0.25) is 0 Å². The lowest BCUT2D eigenvalue weighted by Crippen LogP contribution is -2.07. The van der Waals surface area contributed by atoms with E-state index in [2.05, 4.69) is 20.3 Å². The van der Waals surface area contributed by atoms with Crippen molar-refractivity contribution in [3.05, 3.63) is 48.0 Å². The van der Waals surface area contributed by atoms with E-state index in [0.717, 1.165) is 5.56 Å². The summed E-state index contributed by atoms with van der Waals surface area (Å²) in [6.45, 7) is 0.519. The van der Waals surface area contributed by atoms with Crippen LogP contribution in [0.5, 0.6) is 0 Å². The number of carboxylic acids is 1. The molecular formula is C11H10N4O2. The molecule has 0 saturated heterocycles. The fourth-order valence-electron chi connectivity index (χ4n) is 1.24. The first-order valence-corrected chi connectivity index (χ1v) is 4.95. The first-order valence-electron chi connectivity index (χ1n) is 4.95. The van der Waals surface area contributed by atoms with Crippen LogP contribution in [0.3, 0.4) is 0 Å². The van der Waals surface area contributed by atoms with Gasteiger partial charge < -0.3 is 10.4 Å². The second kappa shape index (κ2) is 5.02. The number of nitrogens with one attached hydrogen (secondary N) is 1.